The molecular formula is C24H51NO6Si2. The third kappa shape index (κ3) is 6.68. The normalized spacial score (nSPS) is 29.6. The molecule has 0 aromatic rings. The molecule has 0 aromatic carbocycles. The molecule has 0 spiro atoms. The molecule has 2 aliphatic heterocycles. The van der Waals surface area contributed by atoms with Crippen molar-refractivity contribution in [3.63, 3.8) is 0 Å². The molecule has 9 heteroatoms. The van der Waals surface area contributed by atoms with Crippen molar-refractivity contribution in [2.45, 2.75) is 115 Å². The van der Waals surface area contributed by atoms with Gasteiger partial charge in [0.2, 0.25) is 0 Å². The first-order chi connectivity index (χ1) is 15.1. The van der Waals surface area contributed by atoms with Crippen LogP contribution in [0.15, 0.2) is 0 Å². The summed E-state index contributed by atoms with van der Waals surface area (Å²) in [5.41, 5.74) is 0. The first-order valence-corrected chi connectivity index (χ1v) is 18.2. The molecule has 2 aliphatic rings. The predicted octanol–water partition coefficient (Wildman–Crippen LogP) is 4.83. The number of ether oxygens (including phenoxy) is 4. The van der Waals surface area contributed by atoms with Gasteiger partial charge in [0.25, 0.3) is 0 Å². The standard InChI is InChI=1S/C24H51NO6Si2/c1-23(2,3)32(9,10)30-15-18-21(31-33(11,12)24(4,5)6)22(29-17-27-8)20-19(28-16-26-7)13-14-25(18)20/h18-22H,13-17H2,1-12H3/t18-,19+,20+,21-,22-/m1/s1. The quantitative estimate of drug-likeness (QED) is 0.294. The van der Waals surface area contributed by atoms with Crippen molar-refractivity contribution in [3.8, 4) is 0 Å². The Hall–Kier alpha value is 0.154. The molecule has 0 bridgehead atoms. The van der Waals surface area contributed by atoms with E-state index in [1.165, 1.54) is 0 Å². The van der Waals surface area contributed by atoms with E-state index < -0.39 is 16.6 Å². The Kier molecular flexibility index (Phi) is 9.84. The molecule has 2 rings (SSSR count). The van der Waals surface area contributed by atoms with Gasteiger partial charge in [0.1, 0.15) is 19.7 Å². The maximum atomic E-state index is 7.09. The van der Waals surface area contributed by atoms with Gasteiger partial charge >= 0.3 is 0 Å². The summed E-state index contributed by atoms with van der Waals surface area (Å²) in [7, 11) is -0.636. The van der Waals surface area contributed by atoms with Crippen LogP contribution in [0.1, 0.15) is 48.0 Å². The van der Waals surface area contributed by atoms with Crippen LogP contribution < -0.4 is 0 Å². The van der Waals surface area contributed by atoms with E-state index in [9.17, 15) is 0 Å². The van der Waals surface area contributed by atoms with Crippen LogP contribution in [0, 0.1) is 0 Å². The van der Waals surface area contributed by atoms with E-state index in [0.29, 0.717) is 6.61 Å². The van der Waals surface area contributed by atoms with E-state index in [4.69, 9.17) is 27.8 Å². The Morgan fingerprint density at radius 2 is 1.33 bits per heavy atom. The van der Waals surface area contributed by atoms with Crippen molar-refractivity contribution >= 4 is 16.6 Å². The lowest BCUT2D eigenvalue weighted by atomic mass is 10.0. The maximum Gasteiger partial charge on any atom is 0.192 e. The minimum absolute atomic E-state index is 0.0372. The SMILES string of the molecule is COCO[C@H]1[C@H](O[Si](C)(C)C(C)(C)C)[C@@H](CO[Si](C)(C)C(C)(C)C)N2CC[C@H](OCOC)[C@@H]12. The zero-order valence-corrected chi connectivity index (χ0v) is 25.3. The van der Waals surface area contributed by atoms with Crippen molar-refractivity contribution in [1.82, 2.24) is 4.90 Å². The number of methoxy groups -OCH3 is 2. The van der Waals surface area contributed by atoms with Gasteiger partial charge in [-0.05, 0) is 42.7 Å². The molecule has 0 aliphatic carbocycles. The Bertz CT molecular complexity index is 619. The molecule has 5 atom stereocenters. The van der Waals surface area contributed by atoms with Gasteiger partial charge in [0, 0.05) is 20.8 Å². The molecule has 0 amide bonds. The van der Waals surface area contributed by atoms with Crippen molar-refractivity contribution < 1.29 is 27.8 Å². The second kappa shape index (κ2) is 11.0. The molecule has 196 valence electrons. The number of hydrogen-bond acceptors (Lipinski definition) is 7. The van der Waals surface area contributed by atoms with Crippen molar-refractivity contribution in [1.29, 1.82) is 0 Å². The summed E-state index contributed by atoms with van der Waals surface area (Å²) in [5.74, 6) is 0. The predicted molar refractivity (Wildman–Crippen MR) is 138 cm³/mol. The van der Waals surface area contributed by atoms with Crippen LogP contribution in [0.4, 0.5) is 0 Å². The summed E-state index contributed by atoms with van der Waals surface area (Å²) in [4.78, 5) is 2.52. The Morgan fingerprint density at radius 1 is 0.788 bits per heavy atom. The first-order valence-electron chi connectivity index (χ1n) is 12.4. The van der Waals surface area contributed by atoms with Gasteiger partial charge in [-0.15, -0.1) is 0 Å². The third-order valence-corrected chi connectivity index (χ3v) is 17.3. The van der Waals surface area contributed by atoms with Crippen LogP contribution in [-0.4, -0.2) is 92.9 Å². The Morgan fingerprint density at radius 3 is 1.85 bits per heavy atom. The van der Waals surface area contributed by atoms with Gasteiger partial charge in [0.05, 0.1) is 30.9 Å². The van der Waals surface area contributed by atoms with Crippen LogP contribution in [0.2, 0.25) is 36.3 Å². The summed E-state index contributed by atoms with van der Waals surface area (Å²) in [6.07, 6.45) is 0.751. The fraction of sp³-hybridized carbons (Fsp3) is 1.00. The smallest absolute Gasteiger partial charge is 0.192 e. The summed E-state index contributed by atoms with van der Waals surface area (Å²) in [6.45, 7) is 25.1. The number of rotatable bonds is 11. The van der Waals surface area contributed by atoms with Crippen molar-refractivity contribution in [2.24, 2.45) is 0 Å². The van der Waals surface area contributed by atoms with Crippen LogP contribution in [0.5, 0.6) is 0 Å². The molecule has 0 saturated carbocycles. The van der Waals surface area contributed by atoms with Gasteiger partial charge in [-0.1, -0.05) is 41.5 Å². The number of hydrogen-bond donors (Lipinski definition) is 0. The zero-order valence-electron chi connectivity index (χ0n) is 23.3. The van der Waals surface area contributed by atoms with Gasteiger partial charge in [0.15, 0.2) is 16.6 Å². The average molecular weight is 506 g/mol. The lowest BCUT2D eigenvalue weighted by molar-refractivity contribution is -0.135. The first kappa shape index (κ1) is 29.4. The van der Waals surface area contributed by atoms with Gasteiger partial charge < -0.3 is 27.8 Å². The highest BCUT2D eigenvalue weighted by molar-refractivity contribution is 6.74. The Labute approximate surface area is 205 Å². The highest BCUT2D eigenvalue weighted by Gasteiger charge is 2.58. The van der Waals surface area contributed by atoms with Gasteiger partial charge in [-0.2, -0.15) is 0 Å². The number of fused-ring (bicyclic) bond motifs is 1. The molecule has 33 heavy (non-hydrogen) atoms. The summed E-state index contributed by atoms with van der Waals surface area (Å²) < 4.78 is 36.9. The largest absolute Gasteiger partial charge is 0.415 e. The van der Waals surface area contributed by atoms with Crippen LogP contribution in [0.3, 0.4) is 0 Å². The van der Waals surface area contributed by atoms with Crippen molar-refractivity contribution in [3.05, 3.63) is 0 Å². The third-order valence-electron chi connectivity index (χ3n) is 8.34. The number of nitrogens with zero attached hydrogens (tertiary/aromatic N) is 1. The summed E-state index contributed by atoms with van der Waals surface area (Å²) >= 11 is 0. The highest BCUT2D eigenvalue weighted by Crippen LogP contribution is 2.44. The molecule has 0 N–H and O–H groups in total. The van der Waals surface area contributed by atoms with E-state index in [1.54, 1.807) is 14.2 Å². The second-order valence-electron chi connectivity index (χ2n) is 12.6. The van der Waals surface area contributed by atoms with Crippen LogP contribution in [-0.2, 0) is 27.8 Å². The van der Waals surface area contributed by atoms with Crippen LogP contribution in [0.25, 0.3) is 0 Å². The van der Waals surface area contributed by atoms with Crippen LogP contribution >= 0.6 is 0 Å². The zero-order chi connectivity index (χ0) is 25.2. The minimum atomic E-state index is -2.06. The summed E-state index contributed by atoms with van der Waals surface area (Å²) in [6, 6.07) is 0.217. The molecule has 0 radical (unpaired) electrons. The second-order valence-corrected chi connectivity index (χ2v) is 22.2. The fourth-order valence-electron chi connectivity index (χ4n) is 4.24. The lowest BCUT2D eigenvalue weighted by Crippen LogP contribution is -2.53. The molecular weight excluding hydrogens is 454 g/mol. The van der Waals surface area contributed by atoms with Gasteiger partial charge in [-0.25, -0.2) is 0 Å². The Balaban J connectivity index is 2.39. The highest BCUT2D eigenvalue weighted by atomic mass is 28.4. The average Bonchev–Trinajstić information content (AvgIpc) is 3.19. The van der Waals surface area contributed by atoms with Crippen molar-refractivity contribution in [2.75, 3.05) is 41.0 Å². The molecule has 2 saturated heterocycles. The minimum Gasteiger partial charge on any atom is -0.415 e. The monoisotopic (exact) mass is 505 g/mol. The van der Waals surface area contributed by atoms with E-state index in [1.807, 2.05) is 0 Å². The molecule has 2 heterocycles. The lowest BCUT2D eigenvalue weighted by Gasteiger charge is -2.43. The molecule has 0 unspecified atom stereocenters. The summed E-state index contributed by atoms with van der Waals surface area (Å²) in [5, 5.41) is 0.254. The van der Waals surface area contributed by atoms with E-state index in [2.05, 4.69) is 72.6 Å². The molecule has 7 nitrogen and oxygen atoms in total. The van der Waals surface area contributed by atoms with Gasteiger partial charge in [-0.3, -0.25) is 4.90 Å². The molecule has 2 fully saturated rings. The van der Waals surface area contributed by atoms with E-state index >= 15 is 0 Å². The maximum absolute atomic E-state index is 7.09. The topological polar surface area (TPSA) is 58.6 Å². The van der Waals surface area contributed by atoms with E-state index in [-0.39, 0.29) is 54.1 Å². The molecule has 0 aromatic heterocycles. The fourth-order valence-corrected chi connectivity index (χ4v) is 6.59. The van der Waals surface area contributed by atoms with E-state index in [0.717, 1.165) is 13.0 Å².